The van der Waals surface area contributed by atoms with Gasteiger partial charge in [0.15, 0.2) is 5.15 Å². The molecule has 32 heavy (non-hydrogen) atoms. The molecule has 0 aliphatic heterocycles. The lowest BCUT2D eigenvalue weighted by Crippen LogP contribution is -2.09. The molecular formula is C25H21ClN2O4. The normalized spacial score (nSPS) is 11.4. The van der Waals surface area contributed by atoms with Crippen molar-refractivity contribution in [2.24, 2.45) is 0 Å². The molecule has 0 spiro atoms. The predicted octanol–water partition coefficient (Wildman–Crippen LogP) is 6.21. The Morgan fingerprint density at radius 2 is 1.84 bits per heavy atom. The molecule has 2 heterocycles. The number of anilines is 1. The lowest BCUT2D eigenvalue weighted by atomic mass is 9.98. The van der Waals surface area contributed by atoms with E-state index < -0.39 is 0 Å². The molecular weight excluding hydrogens is 428 g/mol. The fourth-order valence-corrected chi connectivity index (χ4v) is 3.70. The van der Waals surface area contributed by atoms with Gasteiger partial charge >= 0.3 is 0 Å². The number of aromatic nitrogens is 1. The third-order valence-corrected chi connectivity index (χ3v) is 5.38. The fraction of sp³-hybridized carbons (Fsp3) is 0.120. The molecule has 0 radical (unpaired) electrons. The van der Waals surface area contributed by atoms with E-state index in [0.29, 0.717) is 22.6 Å². The molecule has 4 aromatic rings. The summed E-state index contributed by atoms with van der Waals surface area (Å²) in [5, 5.41) is 3.86. The monoisotopic (exact) mass is 448 g/mol. The minimum absolute atomic E-state index is 0.228. The van der Waals surface area contributed by atoms with Crippen LogP contribution < -0.4 is 14.8 Å². The van der Waals surface area contributed by atoms with Crippen LogP contribution in [0.4, 0.5) is 5.69 Å². The molecule has 2 aromatic carbocycles. The summed E-state index contributed by atoms with van der Waals surface area (Å²) in [4.78, 5) is 16.6. The lowest BCUT2D eigenvalue weighted by molar-refractivity contribution is -0.111. The van der Waals surface area contributed by atoms with Crippen LogP contribution in [-0.4, -0.2) is 25.1 Å². The van der Waals surface area contributed by atoms with Crippen molar-refractivity contribution in [1.82, 2.24) is 4.98 Å². The number of halogens is 1. The van der Waals surface area contributed by atoms with E-state index in [1.165, 1.54) is 6.08 Å². The van der Waals surface area contributed by atoms with Gasteiger partial charge in [-0.1, -0.05) is 29.8 Å². The molecule has 6 nitrogen and oxygen atoms in total. The Balaban J connectivity index is 1.75. The summed E-state index contributed by atoms with van der Waals surface area (Å²) in [6, 6.07) is 14.9. The van der Waals surface area contributed by atoms with Crippen LogP contribution in [0.1, 0.15) is 12.5 Å². The molecule has 0 saturated heterocycles. The highest BCUT2D eigenvalue weighted by molar-refractivity contribution is 6.32. The number of para-hydroxylation sites is 1. The van der Waals surface area contributed by atoms with Crippen LogP contribution in [0.2, 0.25) is 5.15 Å². The second-order valence-electron chi connectivity index (χ2n) is 7.06. The number of benzene rings is 2. The first-order chi connectivity index (χ1) is 15.5. The summed E-state index contributed by atoms with van der Waals surface area (Å²) in [6.07, 6.45) is 4.75. The number of hydrogen-bond acceptors (Lipinski definition) is 5. The molecule has 0 aliphatic carbocycles. The molecule has 2 aromatic heterocycles. The highest BCUT2D eigenvalue weighted by atomic mass is 35.5. The summed E-state index contributed by atoms with van der Waals surface area (Å²) >= 11 is 6.04. The van der Waals surface area contributed by atoms with E-state index in [4.69, 9.17) is 25.5 Å². The molecule has 0 saturated carbocycles. The largest absolute Gasteiger partial charge is 0.496 e. The van der Waals surface area contributed by atoms with Gasteiger partial charge < -0.3 is 19.2 Å². The first-order valence-electron chi connectivity index (χ1n) is 9.84. The first-order valence-corrected chi connectivity index (χ1v) is 10.2. The maximum Gasteiger partial charge on any atom is 0.248 e. The van der Waals surface area contributed by atoms with Gasteiger partial charge in [-0.15, -0.1) is 0 Å². The maximum absolute atomic E-state index is 12.6. The van der Waals surface area contributed by atoms with Crippen LogP contribution in [0, 0.1) is 0 Å². The highest BCUT2D eigenvalue weighted by Gasteiger charge is 2.17. The number of ether oxygens (including phenoxy) is 2. The van der Waals surface area contributed by atoms with E-state index in [1.807, 2.05) is 43.3 Å². The lowest BCUT2D eigenvalue weighted by Gasteiger charge is -2.11. The average Bonchev–Trinajstić information content (AvgIpc) is 3.22. The number of nitrogens with one attached hydrogen (secondary N) is 1. The predicted molar refractivity (Wildman–Crippen MR) is 126 cm³/mol. The summed E-state index contributed by atoms with van der Waals surface area (Å²) < 4.78 is 16.9. The molecule has 0 fully saturated rings. The van der Waals surface area contributed by atoms with Crippen molar-refractivity contribution in [3.63, 3.8) is 0 Å². The molecule has 4 rings (SSSR count). The standard InChI is InChI=1S/C25H21ClN2O4/c1-15(11-24(29)28-20-8-6-10-27-25(20)26)17-12-18-19(14-32-23(18)13-22(17)31-3)16-7-4-5-9-21(16)30-2/h4-14H,1-3H3,(H,28,29)/b15-11+. The van der Waals surface area contributed by atoms with Crippen molar-refractivity contribution in [3.8, 4) is 22.6 Å². The smallest absolute Gasteiger partial charge is 0.248 e. The van der Waals surface area contributed by atoms with E-state index >= 15 is 0 Å². The number of rotatable bonds is 6. The number of pyridine rings is 1. The van der Waals surface area contributed by atoms with E-state index in [-0.39, 0.29) is 11.1 Å². The van der Waals surface area contributed by atoms with Crippen molar-refractivity contribution in [2.75, 3.05) is 19.5 Å². The average molecular weight is 449 g/mol. The summed E-state index contributed by atoms with van der Waals surface area (Å²) in [5.41, 5.74) is 4.40. The quantitative estimate of drug-likeness (QED) is 0.280. The summed E-state index contributed by atoms with van der Waals surface area (Å²) in [7, 11) is 3.22. The minimum atomic E-state index is -0.323. The molecule has 162 valence electrons. The zero-order valence-electron chi connectivity index (χ0n) is 17.8. The van der Waals surface area contributed by atoms with Crippen LogP contribution >= 0.6 is 11.6 Å². The first kappa shape index (κ1) is 21.5. The number of furan rings is 1. The molecule has 0 atom stereocenters. The van der Waals surface area contributed by atoms with E-state index in [9.17, 15) is 4.79 Å². The van der Waals surface area contributed by atoms with Crippen LogP contribution in [0.25, 0.3) is 27.7 Å². The second-order valence-corrected chi connectivity index (χ2v) is 7.41. The van der Waals surface area contributed by atoms with Crippen LogP contribution in [0.5, 0.6) is 11.5 Å². The summed E-state index contributed by atoms with van der Waals surface area (Å²) in [6.45, 7) is 1.84. The number of allylic oxidation sites excluding steroid dienone is 1. The van der Waals surface area contributed by atoms with Gasteiger partial charge in [0.25, 0.3) is 0 Å². The van der Waals surface area contributed by atoms with Crippen molar-refractivity contribution >= 4 is 39.7 Å². The Kier molecular flexibility index (Phi) is 6.14. The Morgan fingerprint density at radius 3 is 2.59 bits per heavy atom. The van der Waals surface area contributed by atoms with Crippen molar-refractivity contribution in [1.29, 1.82) is 0 Å². The van der Waals surface area contributed by atoms with Gasteiger partial charge in [-0.2, -0.15) is 0 Å². The number of hydrogen-bond donors (Lipinski definition) is 1. The zero-order chi connectivity index (χ0) is 22.7. The number of carbonyl (C=O) groups is 1. The topological polar surface area (TPSA) is 73.6 Å². The Hall–Kier alpha value is -3.77. The van der Waals surface area contributed by atoms with E-state index in [0.717, 1.165) is 27.8 Å². The van der Waals surface area contributed by atoms with Gasteiger partial charge in [0, 0.05) is 40.4 Å². The highest BCUT2D eigenvalue weighted by Crippen LogP contribution is 2.40. The molecule has 1 N–H and O–H groups in total. The van der Waals surface area contributed by atoms with Gasteiger partial charge in [-0.3, -0.25) is 4.79 Å². The third-order valence-electron chi connectivity index (χ3n) is 5.08. The fourth-order valence-electron chi connectivity index (χ4n) is 3.53. The molecule has 0 aliphatic rings. The number of methoxy groups -OCH3 is 2. The van der Waals surface area contributed by atoms with Gasteiger partial charge in [0.05, 0.1) is 26.2 Å². The minimum Gasteiger partial charge on any atom is -0.496 e. The van der Waals surface area contributed by atoms with Gasteiger partial charge in [0.2, 0.25) is 5.91 Å². The molecule has 0 bridgehead atoms. The number of fused-ring (bicyclic) bond motifs is 1. The Bertz CT molecular complexity index is 1330. The summed E-state index contributed by atoms with van der Waals surface area (Å²) in [5.74, 6) is 1.02. The number of amides is 1. The Labute approximate surface area is 190 Å². The maximum atomic E-state index is 12.6. The number of nitrogens with zero attached hydrogens (tertiary/aromatic N) is 1. The third kappa shape index (κ3) is 4.18. The van der Waals surface area contributed by atoms with E-state index in [2.05, 4.69) is 10.3 Å². The molecule has 0 unspecified atom stereocenters. The van der Waals surface area contributed by atoms with Crippen molar-refractivity contribution in [3.05, 3.63) is 77.8 Å². The SMILES string of the molecule is COc1cc2occ(-c3ccccc3OC)c2cc1/C(C)=C/C(=O)Nc1cccnc1Cl. The van der Waals surface area contributed by atoms with Gasteiger partial charge in [-0.25, -0.2) is 4.98 Å². The van der Waals surface area contributed by atoms with Gasteiger partial charge in [-0.05, 0) is 36.8 Å². The molecule has 7 heteroatoms. The number of carbonyl (C=O) groups excluding carboxylic acids is 1. The Morgan fingerprint density at radius 1 is 1.06 bits per heavy atom. The van der Waals surface area contributed by atoms with E-state index in [1.54, 1.807) is 38.8 Å². The second kappa shape index (κ2) is 9.16. The molecule has 1 amide bonds. The van der Waals surface area contributed by atoms with Crippen LogP contribution in [-0.2, 0) is 4.79 Å². The van der Waals surface area contributed by atoms with Crippen LogP contribution in [0.3, 0.4) is 0 Å². The van der Waals surface area contributed by atoms with Crippen molar-refractivity contribution < 1.29 is 18.7 Å². The zero-order valence-corrected chi connectivity index (χ0v) is 18.6. The van der Waals surface area contributed by atoms with Crippen molar-refractivity contribution in [2.45, 2.75) is 6.92 Å². The van der Waals surface area contributed by atoms with Crippen LogP contribution in [0.15, 0.2) is 71.5 Å². The van der Waals surface area contributed by atoms with Gasteiger partial charge in [0.1, 0.15) is 17.1 Å².